The fourth-order valence-corrected chi connectivity index (χ4v) is 2.94. The van der Waals surface area contributed by atoms with Crippen LogP contribution in [0.4, 0.5) is 11.4 Å². The highest BCUT2D eigenvalue weighted by atomic mass is 32.2. The zero-order valence-electron chi connectivity index (χ0n) is 16.0. The molecule has 0 bridgehead atoms. The second-order valence-corrected chi connectivity index (χ2v) is 8.27. The summed E-state index contributed by atoms with van der Waals surface area (Å²) < 4.78 is 30.1. The molecule has 2 aromatic rings. The average molecular weight is 401 g/mol. The van der Waals surface area contributed by atoms with Gasteiger partial charge in [0, 0.05) is 12.7 Å². The van der Waals surface area contributed by atoms with Gasteiger partial charge in [-0.05, 0) is 48.4 Å². The number of nitrogens with one attached hydrogen (secondary N) is 1. The Labute approximate surface area is 165 Å². The van der Waals surface area contributed by atoms with Crippen molar-refractivity contribution in [2.75, 3.05) is 22.9 Å². The highest BCUT2D eigenvalue weighted by Crippen LogP contribution is 2.22. The van der Waals surface area contributed by atoms with Crippen LogP contribution in [0.25, 0.3) is 0 Å². The summed E-state index contributed by atoms with van der Waals surface area (Å²) in [5.41, 5.74) is 2.01. The quantitative estimate of drug-likeness (QED) is 0.733. The Kier molecular flexibility index (Phi) is 7.01. The van der Waals surface area contributed by atoms with Crippen LogP contribution in [0.2, 0.25) is 0 Å². The highest BCUT2D eigenvalue weighted by Gasteiger charge is 2.19. The molecule has 2 rings (SSSR count). The van der Waals surface area contributed by atoms with Gasteiger partial charge in [0.25, 0.3) is 5.91 Å². The molecule has 1 atom stereocenters. The predicted octanol–water partition coefficient (Wildman–Crippen LogP) is 2.94. The van der Waals surface area contributed by atoms with Crippen LogP contribution in [0.3, 0.4) is 0 Å². The Morgan fingerprint density at radius 2 is 1.79 bits per heavy atom. The SMILES string of the molecule is CC[C@H](Oc1ccc(N(C)S(C)(=O)=O)cc1)C(=O)Nc1ccc(CC#N)cc1. The maximum absolute atomic E-state index is 12.5. The lowest BCUT2D eigenvalue weighted by atomic mass is 10.1. The van der Waals surface area contributed by atoms with Crippen molar-refractivity contribution < 1.29 is 17.9 Å². The van der Waals surface area contributed by atoms with E-state index in [9.17, 15) is 13.2 Å². The number of ether oxygens (including phenoxy) is 1. The van der Waals surface area contributed by atoms with Crippen LogP contribution in [0, 0.1) is 11.3 Å². The number of hydrogen-bond acceptors (Lipinski definition) is 5. The molecule has 0 aliphatic rings. The van der Waals surface area contributed by atoms with E-state index in [4.69, 9.17) is 10.00 Å². The number of sulfonamides is 1. The maximum atomic E-state index is 12.5. The molecule has 2 aromatic carbocycles. The first-order chi connectivity index (χ1) is 13.2. The summed E-state index contributed by atoms with van der Waals surface area (Å²) in [6.45, 7) is 1.84. The number of carbonyl (C=O) groups is 1. The summed E-state index contributed by atoms with van der Waals surface area (Å²) in [6, 6.07) is 15.6. The first-order valence-corrected chi connectivity index (χ1v) is 10.6. The summed E-state index contributed by atoms with van der Waals surface area (Å²) in [5, 5.41) is 11.5. The molecule has 0 aromatic heterocycles. The lowest BCUT2D eigenvalue weighted by molar-refractivity contribution is -0.122. The molecule has 7 nitrogen and oxygen atoms in total. The van der Waals surface area contributed by atoms with Crippen LogP contribution >= 0.6 is 0 Å². The minimum atomic E-state index is -3.34. The molecule has 0 saturated carbocycles. The van der Waals surface area contributed by atoms with E-state index in [0.29, 0.717) is 30.0 Å². The Morgan fingerprint density at radius 3 is 2.29 bits per heavy atom. The van der Waals surface area contributed by atoms with E-state index in [0.717, 1.165) is 16.1 Å². The van der Waals surface area contributed by atoms with Gasteiger partial charge in [-0.3, -0.25) is 9.10 Å². The van der Waals surface area contributed by atoms with Crippen LogP contribution in [0.15, 0.2) is 48.5 Å². The molecule has 0 aliphatic carbocycles. The van der Waals surface area contributed by atoms with E-state index in [2.05, 4.69) is 11.4 Å². The van der Waals surface area contributed by atoms with Crippen molar-refractivity contribution >= 4 is 27.3 Å². The van der Waals surface area contributed by atoms with Crippen LogP contribution in [-0.2, 0) is 21.2 Å². The topological polar surface area (TPSA) is 99.5 Å². The molecule has 0 spiro atoms. The molecule has 148 valence electrons. The van der Waals surface area contributed by atoms with Gasteiger partial charge in [-0.2, -0.15) is 5.26 Å². The Hall–Kier alpha value is -3.05. The number of benzene rings is 2. The molecule has 0 radical (unpaired) electrons. The fraction of sp³-hybridized carbons (Fsp3) is 0.300. The van der Waals surface area contributed by atoms with Crippen LogP contribution < -0.4 is 14.4 Å². The van der Waals surface area contributed by atoms with Crippen LogP contribution in [0.1, 0.15) is 18.9 Å². The third-order valence-electron chi connectivity index (χ3n) is 4.14. The van der Waals surface area contributed by atoms with Crippen molar-refractivity contribution in [3.05, 3.63) is 54.1 Å². The summed E-state index contributed by atoms with van der Waals surface area (Å²) >= 11 is 0. The summed E-state index contributed by atoms with van der Waals surface area (Å²) in [7, 11) is -1.87. The minimum absolute atomic E-state index is 0.284. The lowest BCUT2D eigenvalue weighted by Gasteiger charge is -2.19. The number of amides is 1. The monoisotopic (exact) mass is 401 g/mol. The molecule has 8 heteroatoms. The van der Waals surface area contributed by atoms with Crippen LogP contribution in [0.5, 0.6) is 5.75 Å². The average Bonchev–Trinajstić information content (AvgIpc) is 2.67. The van der Waals surface area contributed by atoms with Crippen molar-refractivity contribution in [2.24, 2.45) is 0 Å². The predicted molar refractivity (Wildman–Crippen MR) is 109 cm³/mol. The van der Waals surface area contributed by atoms with E-state index >= 15 is 0 Å². The zero-order valence-corrected chi connectivity index (χ0v) is 16.9. The van der Waals surface area contributed by atoms with Crippen molar-refractivity contribution in [1.29, 1.82) is 5.26 Å². The normalized spacial score (nSPS) is 11.9. The van der Waals surface area contributed by atoms with Gasteiger partial charge in [-0.1, -0.05) is 19.1 Å². The van der Waals surface area contributed by atoms with E-state index in [1.165, 1.54) is 7.05 Å². The van der Waals surface area contributed by atoms with Gasteiger partial charge < -0.3 is 10.1 Å². The standard InChI is InChI=1S/C20H23N3O4S/c1-4-19(20(24)22-16-7-5-15(6-8-16)13-14-21)27-18-11-9-17(10-12-18)23(2)28(3,25)26/h5-12,19H,4,13H2,1-3H3,(H,22,24)/t19-/m0/s1. The first kappa shape index (κ1) is 21.3. The van der Waals surface area contributed by atoms with E-state index in [-0.39, 0.29) is 5.91 Å². The number of nitriles is 1. The van der Waals surface area contributed by atoms with Crippen molar-refractivity contribution in [1.82, 2.24) is 0 Å². The molecular weight excluding hydrogens is 378 g/mol. The summed E-state index contributed by atoms with van der Waals surface area (Å²) in [5.74, 6) is 0.185. The van der Waals surface area contributed by atoms with Gasteiger partial charge >= 0.3 is 0 Å². The number of rotatable bonds is 8. The molecule has 0 unspecified atom stereocenters. The van der Waals surface area contributed by atoms with Gasteiger partial charge in [-0.25, -0.2) is 8.42 Å². The van der Waals surface area contributed by atoms with Gasteiger partial charge in [0.05, 0.1) is 24.4 Å². The van der Waals surface area contributed by atoms with E-state index in [1.54, 1.807) is 48.5 Å². The maximum Gasteiger partial charge on any atom is 0.265 e. The molecule has 0 saturated heterocycles. The first-order valence-electron chi connectivity index (χ1n) is 8.72. The number of carbonyl (C=O) groups excluding carboxylic acids is 1. The van der Waals surface area contributed by atoms with Crippen molar-refractivity contribution in [2.45, 2.75) is 25.9 Å². The van der Waals surface area contributed by atoms with Gasteiger partial charge in [0.1, 0.15) is 5.75 Å². The van der Waals surface area contributed by atoms with Crippen molar-refractivity contribution in [3.8, 4) is 11.8 Å². The van der Waals surface area contributed by atoms with Gasteiger partial charge in [0.15, 0.2) is 6.10 Å². The van der Waals surface area contributed by atoms with Gasteiger partial charge in [-0.15, -0.1) is 0 Å². The van der Waals surface area contributed by atoms with Crippen LogP contribution in [-0.4, -0.2) is 33.7 Å². The molecule has 28 heavy (non-hydrogen) atoms. The number of anilines is 2. The molecule has 0 heterocycles. The van der Waals surface area contributed by atoms with E-state index < -0.39 is 16.1 Å². The van der Waals surface area contributed by atoms with Crippen molar-refractivity contribution in [3.63, 3.8) is 0 Å². The molecule has 1 amide bonds. The summed E-state index contributed by atoms with van der Waals surface area (Å²) in [4.78, 5) is 12.5. The second kappa shape index (κ2) is 9.24. The largest absolute Gasteiger partial charge is 0.481 e. The Balaban J connectivity index is 2.03. The Morgan fingerprint density at radius 1 is 1.18 bits per heavy atom. The minimum Gasteiger partial charge on any atom is -0.481 e. The third-order valence-corrected chi connectivity index (χ3v) is 5.35. The third kappa shape index (κ3) is 5.72. The summed E-state index contributed by atoms with van der Waals surface area (Å²) in [6.07, 6.45) is 1.21. The molecular formula is C20H23N3O4S. The highest BCUT2D eigenvalue weighted by molar-refractivity contribution is 7.92. The van der Waals surface area contributed by atoms with Gasteiger partial charge in [0.2, 0.25) is 10.0 Å². The van der Waals surface area contributed by atoms with E-state index in [1.807, 2.05) is 6.92 Å². The smallest absolute Gasteiger partial charge is 0.265 e. The fourth-order valence-electron chi connectivity index (χ4n) is 2.43. The number of hydrogen-bond donors (Lipinski definition) is 1. The zero-order chi connectivity index (χ0) is 20.7. The number of nitrogens with zero attached hydrogens (tertiary/aromatic N) is 2. The lowest BCUT2D eigenvalue weighted by Crippen LogP contribution is -2.32. The molecule has 0 fully saturated rings. The second-order valence-electron chi connectivity index (χ2n) is 6.26. The Bertz CT molecular complexity index is 948. The molecule has 1 N–H and O–H groups in total. The molecule has 0 aliphatic heterocycles.